The van der Waals surface area contributed by atoms with Crippen LogP contribution in [0, 0.1) is 0 Å². The predicted octanol–water partition coefficient (Wildman–Crippen LogP) is 4.20. The molecule has 0 fully saturated rings. The van der Waals surface area contributed by atoms with Crippen LogP contribution in [-0.2, 0) is 14.6 Å². The average molecular weight is 287 g/mol. The molecule has 0 bridgehead atoms. The maximum atomic E-state index is 10.9. The fourth-order valence-electron chi connectivity index (χ4n) is 2.29. The minimum Gasteiger partial charge on any atom is -0.479 e. The normalized spacial score (nSPS) is 12.5. The molecule has 20 heavy (non-hydrogen) atoms. The van der Waals surface area contributed by atoms with Crippen molar-refractivity contribution in [3.63, 3.8) is 0 Å². The minimum atomic E-state index is -0.950. The Bertz CT molecular complexity index is 219. The molecular formula is C16H31O4. The zero-order valence-corrected chi connectivity index (χ0v) is 12.9. The molecule has 0 spiro atoms. The highest BCUT2D eigenvalue weighted by molar-refractivity contribution is 5.72. The van der Waals surface area contributed by atoms with Crippen molar-refractivity contribution in [1.29, 1.82) is 0 Å². The Kier molecular flexibility index (Phi) is 14.3. The van der Waals surface area contributed by atoms with Crippen LogP contribution in [0.5, 0.6) is 0 Å². The van der Waals surface area contributed by atoms with E-state index in [4.69, 9.17) is 9.84 Å². The van der Waals surface area contributed by atoms with Gasteiger partial charge in [-0.05, 0) is 6.42 Å². The average Bonchev–Trinajstić information content (AvgIpc) is 2.43. The van der Waals surface area contributed by atoms with E-state index in [9.17, 15) is 9.90 Å². The zero-order chi connectivity index (χ0) is 15.1. The second-order valence-electron chi connectivity index (χ2n) is 5.37. The number of unbranched alkanes of at least 4 members (excludes halogenated alkanes) is 9. The maximum absolute atomic E-state index is 10.9. The van der Waals surface area contributed by atoms with E-state index in [1.54, 1.807) is 0 Å². The molecule has 0 rings (SSSR count). The van der Waals surface area contributed by atoms with Crippen molar-refractivity contribution >= 4 is 5.97 Å². The number of carboxylic acids is 1. The van der Waals surface area contributed by atoms with Gasteiger partial charge in [-0.3, -0.25) is 0 Å². The smallest absolute Gasteiger partial charge is 0.332 e. The van der Waals surface area contributed by atoms with Gasteiger partial charge in [-0.2, -0.15) is 0 Å². The number of carboxylic acid groups (broad SMARTS) is 1. The molecule has 0 amide bonds. The topological polar surface area (TPSA) is 66.4 Å². The Hall–Kier alpha value is -0.610. The standard InChI is InChI=1S/C16H31O4/c1-2-3-4-5-6-7-8-9-10-11-12-15(16(18)19)20-14-13-17/h15H,2-14H2,1H3,(H,18,19). The molecule has 0 saturated heterocycles. The Labute approximate surface area is 123 Å². The van der Waals surface area contributed by atoms with E-state index < -0.39 is 12.1 Å². The Balaban J connectivity index is 3.34. The van der Waals surface area contributed by atoms with Gasteiger partial charge in [-0.1, -0.05) is 71.1 Å². The minimum absolute atomic E-state index is 0.00523. The highest BCUT2D eigenvalue weighted by Gasteiger charge is 2.16. The van der Waals surface area contributed by atoms with E-state index in [1.165, 1.54) is 51.4 Å². The first-order chi connectivity index (χ1) is 9.72. The molecule has 0 aliphatic carbocycles. The predicted molar refractivity (Wildman–Crippen MR) is 79.4 cm³/mol. The number of carbonyl (C=O) groups is 1. The van der Waals surface area contributed by atoms with E-state index in [1.807, 2.05) is 0 Å². The summed E-state index contributed by atoms with van der Waals surface area (Å²) in [6.07, 6.45) is 12.0. The number of hydrogen-bond acceptors (Lipinski definition) is 2. The molecule has 0 aromatic carbocycles. The first-order valence-corrected chi connectivity index (χ1v) is 8.14. The van der Waals surface area contributed by atoms with Crippen LogP contribution in [0.25, 0.3) is 0 Å². The molecule has 4 nitrogen and oxygen atoms in total. The molecular weight excluding hydrogens is 256 g/mol. The highest BCUT2D eigenvalue weighted by atomic mass is 16.5. The largest absolute Gasteiger partial charge is 0.479 e. The molecule has 119 valence electrons. The summed E-state index contributed by atoms with van der Waals surface area (Å²) < 4.78 is 5.02. The quantitative estimate of drug-likeness (QED) is 0.459. The number of aliphatic carboxylic acids is 1. The molecule has 0 heterocycles. The van der Waals surface area contributed by atoms with Crippen LogP contribution in [0.3, 0.4) is 0 Å². The second-order valence-corrected chi connectivity index (χ2v) is 5.37. The third kappa shape index (κ3) is 12.4. The molecule has 0 saturated carbocycles. The molecule has 0 aliphatic rings. The molecule has 1 radical (unpaired) electrons. The summed E-state index contributed by atoms with van der Waals surface area (Å²) in [6, 6.07) is 0. The summed E-state index contributed by atoms with van der Waals surface area (Å²) >= 11 is 0. The lowest BCUT2D eigenvalue weighted by molar-refractivity contribution is -0.151. The van der Waals surface area contributed by atoms with Crippen LogP contribution in [0.2, 0.25) is 0 Å². The second kappa shape index (κ2) is 14.8. The SMILES string of the molecule is CCCCCCCCCCCCC(OCC[O])C(=O)O. The number of ether oxygens (including phenoxy) is 1. The molecule has 0 aliphatic heterocycles. The van der Waals surface area contributed by atoms with Crippen molar-refractivity contribution in [2.45, 2.75) is 83.7 Å². The summed E-state index contributed by atoms with van der Waals surface area (Å²) in [5.74, 6) is -0.950. The molecule has 1 unspecified atom stereocenters. The Morgan fingerprint density at radius 1 is 0.950 bits per heavy atom. The van der Waals surface area contributed by atoms with Gasteiger partial charge in [0.2, 0.25) is 0 Å². The maximum Gasteiger partial charge on any atom is 0.332 e. The lowest BCUT2D eigenvalue weighted by atomic mass is 10.0. The lowest BCUT2D eigenvalue weighted by Crippen LogP contribution is -2.25. The van der Waals surface area contributed by atoms with E-state index in [2.05, 4.69) is 6.92 Å². The first-order valence-electron chi connectivity index (χ1n) is 8.14. The summed E-state index contributed by atoms with van der Waals surface area (Å²) in [5, 5.41) is 19.2. The van der Waals surface area contributed by atoms with Gasteiger partial charge < -0.3 is 9.84 Å². The lowest BCUT2D eigenvalue weighted by Gasteiger charge is -2.12. The van der Waals surface area contributed by atoms with Crippen molar-refractivity contribution in [2.75, 3.05) is 13.2 Å². The highest BCUT2D eigenvalue weighted by Crippen LogP contribution is 2.13. The molecule has 1 atom stereocenters. The summed E-state index contributed by atoms with van der Waals surface area (Å²) in [7, 11) is 0. The summed E-state index contributed by atoms with van der Waals surface area (Å²) in [4.78, 5) is 10.9. The summed E-state index contributed by atoms with van der Waals surface area (Å²) in [6.45, 7) is 1.85. The first kappa shape index (κ1) is 19.4. The number of hydrogen-bond donors (Lipinski definition) is 1. The van der Waals surface area contributed by atoms with Crippen LogP contribution >= 0.6 is 0 Å². The van der Waals surface area contributed by atoms with Crippen molar-refractivity contribution in [1.82, 2.24) is 0 Å². The van der Waals surface area contributed by atoms with Gasteiger partial charge in [-0.15, -0.1) is 0 Å². The van der Waals surface area contributed by atoms with E-state index >= 15 is 0 Å². The molecule has 1 N–H and O–H groups in total. The van der Waals surface area contributed by atoms with Gasteiger partial charge in [0.15, 0.2) is 6.10 Å². The van der Waals surface area contributed by atoms with Crippen LogP contribution in [0.1, 0.15) is 77.6 Å². The van der Waals surface area contributed by atoms with Gasteiger partial charge >= 0.3 is 5.97 Å². The third-order valence-electron chi connectivity index (χ3n) is 3.50. The van der Waals surface area contributed by atoms with E-state index in [-0.39, 0.29) is 13.2 Å². The summed E-state index contributed by atoms with van der Waals surface area (Å²) in [5.41, 5.74) is 0. The van der Waals surface area contributed by atoms with Gasteiger partial charge in [-0.25, -0.2) is 9.90 Å². The van der Waals surface area contributed by atoms with Gasteiger partial charge in [0, 0.05) is 0 Å². The van der Waals surface area contributed by atoms with Crippen molar-refractivity contribution < 1.29 is 19.7 Å². The molecule has 0 aromatic rings. The Morgan fingerprint density at radius 3 is 1.90 bits per heavy atom. The van der Waals surface area contributed by atoms with E-state index in [0.717, 1.165) is 12.8 Å². The van der Waals surface area contributed by atoms with Crippen LogP contribution < -0.4 is 0 Å². The number of rotatable bonds is 15. The van der Waals surface area contributed by atoms with E-state index in [0.29, 0.717) is 6.42 Å². The molecule has 0 aromatic heterocycles. The van der Waals surface area contributed by atoms with Crippen LogP contribution in [-0.4, -0.2) is 30.4 Å². The van der Waals surface area contributed by atoms with Gasteiger partial charge in [0.1, 0.15) is 6.61 Å². The third-order valence-corrected chi connectivity index (χ3v) is 3.50. The zero-order valence-electron chi connectivity index (χ0n) is 12.9. The van der Waals surface area contributed by atoms with Crippen LogP contribution in [0.4, 0.5) is 0 Å². The van der Waals surface area contributed by atoms with Gasteiger partial charge in [0.25, 0.3) is 0 Å². The molecule has 4 heteroatoms. The van der Waals surface area contributed by atoms with Gasteiger partial charge in [0.05, 0.1) is 6.61 Å². The monoisotopic (exact) mass is 287 g/mol. The Morgan fingerprint density at radius 2 is 1.45 bits per heavy atom. The van der Waals surface area contributed by atoms with Crippen molar-refractivity contribution in [3.05, 3.63) is 0 Å². The van der Waals surface area contributed by atoms with Crippen molar-refractivity contribution in [3.8, 4) is 0 Å². The fourth-order valence-corrected chi connectivity index (χ4v) is 2.29. The van der Waals surface area contributed by atoms with Crippen molar-refractivity contribution in [2.24, 2.45) is 0 Å². The van der Waals surface area contributed by atoms with Crippen LogP contribution in [0.15, 0.2) is 0 Å². The fraction of sp³-hybridized carbons (Fsp3) is 0.938.